The van der Waals surface area contributed by atoms with E-state index in [1.807, 2.05) is 0 Å². The molecule has 0 aliphatic rings. The van der Waals surface area contributed by atoms with Gasteiger partial charge in [0.2, 0.25) is 0 Å². The fourth-order valence-corrected chi connectivity index (χ4v) is 0. The van der Waals surface area contributed by atoms with E-state index in [1.165, 1.54) is 0 Å². The van der Waals surface area contributed by atoms with E-state index < -0.39 is 27.0 Å². The van der Waals surface area contributed by atoms with E-state index in [9.17, 15) is 0 Å². The number of halogens is 7. The van der Waals surface area contributed by atoms with Gasteiger partial charge in [0.15, 0.2) is 0 Å². The van der Waals surface area contributed by atoms with Gasteiger partial charge in [-0.1, -0.05) is 0 Å². The average molecular weight is 344 g/mol. The molecule has 57 valence electrons. The molecule has 0 nitrogen and oxygen atoms in total. The molecule has 0 atom stereocenters. The van der Waals surface area contributed by atoms with Gasteiger partial charge in [0.05, 0.1) is 0 Å². The van der Waals surface area contributed by atoms with E-state index in [4.69, 9.17) is 65.1 Å². The molecule has 0 heterocycles. The van der Waals surface area contributed by atoms with E-state index >= 15 is 0 Å². The van der Waals surface area contributed by atoms with Crippen molar-refractivity contribution in [1.82, 2.24) is 0 Å². The van der Waals surface area contributed by atoms with Gasteiger partial charge in [-0.3, -0.25) is 0 Å². The summed E-state index contributed by atoms with van der Waals surface area (Å²) in [6.07, 6.45) is 0. The van der Waals surface area contributed by atoms with Crippen LogP contribution in [0.2, 0.25) is 0 Å². The molecule has 0 aliphatic heterocycles. The number of rotatable bonds is 0. The third-order valence-electron chi connectivity index (χ3n) is 0. The minimum absolute atomic E-state index is 1.92. The first-order valence-corrected chi connectivity index (χ1v) is 16.4. The Hall–Kier alpha value is 3.46. The van der Waals surface area contributed by atoms with Crippen LogP contribution in [-0.2, 0) is 27.0 Å². The van der Waals surface area contributed by atoms with E-state index in [0.29, 0.717) is 0 Å². The Morgan fingerprint density at radius 3 is 0.778 bits per heavy atom. The SMILES string of the molecule is [Cl][Ti]([Cl])([Cl])[Cl].[Cl][Ti]([Cl])[Cl]. The molecule has 0 fully saturated rings. The second-order valence-corrected chi connectivity index (χ2v) is 23.9. The Bertz CT molecular complexity index is 43.7. The summed E-state index contributed by atoms with van der Waals surface area (Å²) in [6.45, 7) is 0. The van der Waals surface area contributed by atoms with Crippen LogP contribution in [0.25, 0.3) is 0 Å². The third-order valence-corrected chi connectivity index (χ3v) is 0. The Kier molecular flexibility index (Phi) is 13.4. The first-order valence-electron chi connectivity index (χ1n) is 1.32. The number of hydrogen-bond acceptors (Lipinski definition) is 0. The fourth-order valence-electron chi connectivity index (χ4n) is 0. The molecule has 0 bridgehead atoms. The molecule has 0 saturated heterocycles. The second kappa shape index (κ2) is 8.07. The summed E-state index contributed by atoms with van der Waals surface area (Å²) in [5.41, 5.74) is 0. The molecule has 9 heavy (non-hydrogen) atoms. The predicted molar refractivity (Wildman–Crippen MR) is 41.0 cm³/mol. The average Bonchev–Trinajstić information content (AvgIpc) is 1.19. The van der Waals surface area contributed by atoms with Gasteiger partial charge in [-0.05, 0) is 0 Å². The van der Waals surface area contributed by atoms with Gasteiger partial charge in [0.25, 0.3) is 0 Å². The molecule has 0 N–H and O–H groups in total. The fraction of sp³-hybridized carbons (Fsp3) is 0. The molecule has 0 unspecified atom stereocenters. The molecule has 9 heteroatoms. The first kappa shape index (κ1) is 15.0. The Morgan fingerprint density at radius 1 is 0.778 bits per heavy atom. The molecule has 0 aromatic heterocycles. The van der Waals surface area contributed by atoms with E-state index in [2.05, 4.69) is 0 Å². The summed E-state index contributed by atoms with van der Waals surface area (Å²) < 4.78 is 0. The van der Waals surface area contributed by atoms with Crippen LogP contribution in [-0.4, -0.2) is 0 Å². The normalized spacial score (nSPS) is 9.67. The zero-order valence-electron chi connectivity index (χ0n) is 3.65. The molecule has 0 saturated carbocycles. The molecule has 0 aromatic carbocycles. The molecule has 0 rings (SSSR count). The van der Waals surface area contributed by atoms with Crippen molar-refractivity contribution in [2.24, 2.45) is 0 Å². The Balaban J connectivity index is 0. The third kappa shape index (κ3) is 85.7. The second-order valence-electron chi connectivity index (χ2n) is 0.643. The van der Waals surface area contributed by atoms with Crippen LogP contribution >= 0.6 is 65.1 Å². The quantitative estimate of drug-likeness (QED) is 0.553. The van der Waals surface area contributed by atoms with E-state index in [-0.39, 0.29) is 0 Å². The Morgan fingerprint density at radius 2 is 0.778 bits per heavy atom. The van der Waals surface area contributed by atoms with Gasteiger partial charge in [0, 0.05) is 0 Å². The summed E-state index contributed by atoms with van der Waals surface area (Å²) in [5, 5.41) is 0. The van der Waals surface area contributed by atoms with Gasteiger partial charge in [-0.15, -0.1) is 0 Å². The minimum atomic E-state index is -3.11. The summed E-state index contributed by atoms with van der Waals surface area (Å²) in [6, 6.07) is 0. The molecule has 0 spiro atoms. The molecule has 0 aromatic rings. The maximum absolute atomic E-state index is 5.01. The zero-order valence-corrected chi connectivity index (χ0v) is 12.1. The predicted octanol–water partition coefficient (Wildman–Crippen LogP) is 4.82. The van der Waals surface area contributed by atoms with Crippen molar-refractivity contribution in [3.8, 4) is 0 Å². The molecular weight excluding hydrogens is 344 g/mol. The van der Waals surface area contributed by atoms with Crippen LogP contribution in [0.15, 0.2) is 0 Å². The van der Waals surface area contributed by atoms with E-state index in [0.717, 1.165) is 0 Å². The van der Waals surface area contributed by atoms with Crippen LogP contribution < -0.4 is 0 Å². The topological polar surface area (TPSA) is 0 Å². The van der Waals surface area contributed by atoms with Gasteiger partial charge >= 0.3 is 92.2 Å². The summed E-state index contributed by atoms with van der Waals surface area (Å²) in [7, 11) is 35.0. The van der Waals surface area contributed by atoms with Crippen molar-refractivity contribution in [3.05, 3.63) is 0 Å². The van der Waals surface area contributed by atoms with Crippen LogP contribution in [0.3, 0.4) is 0 Å². The number of hydrogen-bond donors (Lipinski definition) is 0. The zero-order chi connectivity index (χ0) is 8.08. The van der Waals surface area contributed by atoms with Crippen LogP contribution in [0.5, 0.6) is 0 Å². The van der Waals surface area contributed by atoms with Gasteiger partial charge in [-0.25, -0.2) is 0 Å². The Labute approximate surface area is 90.3 Å². The molecule has 0 aliphatic carbocycles. The monoisotopic (exact) mass is 341 g/mol. The van der Waals surface area contributed by atoms with Gasteiger partial charge < -0.3 is 0 Å². The van der Waals surface area contributed by atoms with Crippen molar-refractivity contribution >= 4 is 65.1 Å². The van der Waals surface area contributed by atoms with Crippen molar-refractivity contribution in [2.45, 2.75) is 0 Å². The van der Waals surface area contributed by atoms with Crippen molar-refractivity contribution in [2.75, 3.05) is 0 Å². The van der Waals surface area contributed by atoms with Crippen molar-refractivity contribution in [3.63, 3.8) is 0 Å². The van der Waals surface area contributed by atoms with Crippen LogP contribution in [0.4, 0.5) is 0 Å². The summed E-state index contributed by atoms with van der Waals surface area (Å²) >= 11 is -5.03. The van der Waals surface area contributed by atoms with Crippen molar-refractivity contribution in [1.29, 1.82) is 0 Å². The molecule has 0 radical (unpaired) electrons. The molecular formula is Cl7Ti2. The van der Waals surface area contributed by atoms with Crippen LogP contribution in [0.1, 0.15) is 0 Å². The molecule has 0 amide bonds. The van der Waals surface area contributed by atoms with Crippen LogP contribution in [0, 0.1) is 0 Å². The maximum atomic E-state index is 5.01. The van der Waals surface area contributed by atoms with Crippen molar-refractivity contribution < 1.29 is 27.0 Å². The standard InChI is InChI=1S/7ClH.2Ti/h7*1H;;/q;;;;;;;+3;+4/p-7. The van der Waals surface area contributed by atoms with E-state index in [1.54, 1.807) is 0 Å². The first-order chi connectivity index (χ1) is 3.73. The summed E-state index contributed by atoms with van der Waals surface area (Å²) in [5.74, 6) is 0. The summed E-state index contributed by atoms with van der Waals surface area (Å²) in [4.78, 5) is 0. The van der Waals surface area contributed by atoms with Gasteiger partial charge in [0.1, 0.15) is 0 Å². The van der Waals surface area contributed by atoms with Gasteiger partial charge in [-0.2, -0.15) is 0 Å².